The number of fused-ring (bicyclic) bond motifs is 6. The van der Waals surface area contributed by atoms with Crippen LogP contribution in [-0.2, 0) is 0 Å². The summed E-state index contributed by atoms with van der Waals surface area (Å²) in [6.45, 7) is 0. The molecule has 4 aromatic carbocycles. The lowest BCUT2D eigenvalue weighted by Gasteiger charge is -2.07. The number of rotatable bonds is 1. The predicted molar refractivity (Wildman–Crippen MR) is 111 cm³/mol. The minimum Gasteiger partial charge on any atom is -0.456 e. The summed E-state index contributed by atoms with van der Waals surface area (Å²) in [4.78, 5) is 0. The molecule has 0 spiro atoms. The molecule has 0 saturated carbocycles. The molecule has 0 N–H and O–H groups in total. The molecule has 2 heterocycles. The van der Waals surface area contributed by atoms with E-state index in [0.29, 0.717) is 5.56 Å². The summed E-state index contributed by atoms with van der Waals surface area (Å²) in [5.74, 6) is 0. The topological polar surface area (TPSA) is 50.1 Å². The van der Waals surface area contributed by atoms with Crippen molar-refractivity contribution < 1.29 is 8.83 Å². The zero-order valence-corrected chi connectivity index (χ0v) is 14.8. The van der Waals surface area contributed by atoms with Gasteiger partial charge in [0.05, 0.1) is 11.6 Å². The SMILES string of the molecule is N#Cc1ccc2oc3ccccc3c2c1-c1cccc2c1oc1ccccc12. The van der Waals surface area contributed by atoms with Crippen LogP contribution in [0.4, 0.5) is 0 Å². The highest BCUT2D eigenvalue weighted by molar-refractivity contribution is 6.18. The number of nitrogens with zero attached hydrogens (tertiary/aromatic N) is 1. The molecule has 0 unspecified atom stereocenters. The summed E-state index contributed by atoms with van der Waals surface area (Å²) in [6.07, 6.45) is 0. The maximum atomic E-state index is 9.85. The Morgan fingerprint density at radius 3 is 2.14 bits per heavy atom. The van der Waals surface area contributed by atoms with Crippen LogP contribution >= 0.6 is 0 Å². The van der Waals surface area contributed by atoms with Crippen molar-refractivity contribution in [2.75, 3.05) is 0 Å². The van der Waals surface area contributed by atoms with Gasteiger partial charge in [0.1, 0.15) is 22.3 Å². The third kappa shape index (κ3) is 1.92. The van der Waals surface area contributed by atoms with Gasteiger partial charge in [0.15, 0.2) is 0 Å². The fraction of sp³-hybridized carbons (Fsp3) is 0. The van der Waals surface area contributed by atoms with E-state index in [1.165, 1.54) is 0 Å². The van der Waals surface area contributed by atoms with E-state index in [4.69, 9.17) is 8.83 Å². The van der Waals surface area contributed by atoms with Crippen molar-refractivity contribution >= 4 is 43.9 Å². The number of benzene rings is 4. The van der Waals surface area contributed by atoms with E-state index in [2.05, 4.69) is 18.2 Å². The number of para-hydroxylation sites is 3. The summed E-state index contributed by atoms with van der Waals surface area (Å²) < 4.78 is 12.3. The second-order valence-corrected chi connectivity index (χ2v) is 6.85. The standard InChI is InChI=1S/C25H13NO2/c26-14-15-12-13-22-24(18-7-2-4-11-21(18)27-22)23(15)19-9-5-8-17-16-6-1-3-10-20(16)28-25(17)19/h1-13H. The molecule has 0 bridgehead atoms. The molecular formula is C25H13NO2. The summed E-state index contributed by atoms with van der Waals surface area (Å²) >= 11 is 0. The molecule has 0 radical (unpaired) electrons. The molecule has 130 valence electrons. The molecule has 0 atom stereocenters. The Morgan fingerprint density at radius 1 is 0.607 bits per heavy atom. The second-order valence-electron chi connectivity index (χ2n) is 6.85. The summed E-state index contributed by atoms with van der Waals surface area (Å²) in [7, 11) is 0. The van der Waals surface area contributed by atoms with Gasteiger partial charge in [-0.2, -0.15) is 5.26 Å². The lowest BCUT2D eigenvalue weighted by molar-refractivity contribution is 0.668. The second kappa shape index (κ2) is 5.48. The van der Waals surface area contributed by atoms with E-state index in [1.807, 2.05) is 66.7 Å². The molecule has 28 heavy (non-hydrogen) atoms. The van der Waals surface area contributed by atoms with Crippen molar-refractivity contribution in [2.45, 2.75) is 0 Å². The highest BCUT2D eigenvalue weighted by Crippen LogP contribution is 2.43. The van der Waals surface area contributed by atoms with Gasteiger partial charge in [-0.25, -0.2) is 0 Å². The molecule has 0 aliphatic rings. The number of hydrogen-bond donors (Lipinski definition) is 0. The van der Waals surface area contributed by atoms with Crippen LogP contribution in [0.1, 0.15) is 5.56 Å². The zero-order chi connectivity index (χ0) is 18.7. The lowest BCUT2D eigenvalue weighted by atomic mass is 9.93. The fourth-order valence-corrected chi connectivity index (χ4v) is 4.13. The Labute approximate surface area is 160 Å². The molecule has 2 aromatic heterocycles. The van der Waals surface area contributed by atoms with Gasteiger partial charge in [0.25, 0.3) is 0 Å². The van der Waals surface area contributed by atoms with Crippen LogP contribution < -0.4 is 0 Å². The molecule has 0 amide bonds. The van der Waals surface area contributed by atoms with E-state index in [9.17, 15) is 5.26 Å². The Hall–Kier alpha value is -4.03. The number of hydrogen-bond acceptors (Lipinski definition) is 3. The van der Waals surface area contributed by atoms with Gasteiger partial charge in [0.2, 0.25) is 0 Å². The largest absolute Gasteiger partial charge is 0.456 e. The first-order valence-electron chi connectivity index (χ1n) is 9.10. The van der Waals surface area contributed by atoms with Crippen molar-refractivity contribution in [1.29, 1.82) is 5.26 Å². The summed E-state index contributed by atoms with van der Waals surface area (Å²) in [5, 5.41) is 13.9. The molecule has 3 heteroatoms. The smallest absolute Gasteiger partial charge is 0.143 e. The molecule has 6 aromatic rings. The molecule has 0 aliphatic carbocycles. The van der Waals surface area contributed by atoms with Crippen molar-refractivity contribution in [3.8, 4) is 17.2 Å². The van der Waals surface area contributed by atoms with Gasteiger partial charge in [-0.1, -0.05) is 54.6 Å². The van der Waals surface area contributed by atoms with E-state index in [0.717, 1.165) is 55.0 Å². The molecule has 3 nitrogen and oxygen atoms in total. The molecule has 0 fully saturated rings. The van der Waals surface area contributed by atoms with Crippen molar-refractivity contribution in [2.24, 2.45) is 0 Å². The zero-order valence-electron chi connectivity index (χ0n) is 14.8. The third-order valence-electron chi connectivity index (χ3n) is 5.34. The number of furan rings is 2. The van der Waals surface area contributed by atoms with Gasteiger partial charge < -0.3 is 8.83 Å². The van der Waals surface area contributed by atoms with Crippen LogP contribution in [0, 0.1) is 11.3 Å². The van der Waals surface area contributed by atoms with Crippen LogP contribution in [0.25, 0.3) is 55.0 Å². The van der Waals surface area contributed by atoms with Crippen LogP contribution in [0.2, 0.25) is 0 Å². The molecular weight excluding hydrogens is 346 g/mol. The minimum absolute atomic E-state index is 0.604. The normalized spacial score (nSPS) is 11.5. The van der Waals surface area contributed by atoms with Crippen molar-refractivity contribution in [3.05, 3.63) is 84.4 Å². The first-order chi connectivity index (χ1) is 13.8. The molecule has 6 rings (SSSR count). The van der Waals surface area contributed by atoms with E-state index in [1.54, 1.807) is 0 Å². The summed E-state index contributed by atoms with van der Waals surface area (Å²) in [6, 6.07) is 28.1. The predicted octanol–water partition coefficient (Wildman–Crippen LogP) is 7.02. The van der Waals surface area contributed by atoms with E-state index < -0.39 is 0 Å². The monoisotopic (exact) mass is 359 g/mol. The Kier molecular flexibility index (Phi) is 2.95. The first-order valence-corrected chi connectivity index (χ1v) is 9.10. The minimum atomic E-state index is 0.604. The fourth-order valence-electron chi connectivity index (χ4n) is 4.13. The maximum absolute atomic E-state index is 9.85. The van der Waals surface area contributed by atoms with Crippen LogP contribution in [0.3, 0.4) is 0 Å². The number of nitriles is 1. The average Bonchev–Trinajstić information content (AvgIpc) is 3.31. The van der Waals surface area contributed by atoms with Crippen LogP contribution in [0.5, 0.6) is 0 Å². The highest BCUT2D eigenvalue weighted by atomic mass is 16.3. The van der Waals surface area contributed by atoms with Crippen LogP contribution in [0.15, 0.2) is 87.7 Å². The van der Waals surface area contributed by atoms with Gasteiger partial charge in [-0.15, -0.1) is 0 Å². The first kappa shape index (κ1) is 15.1. The van der Waals surface area contributed by atoms with Gasteiger partial charge in [0, 0.05) is 32.7 Å². The quantitative estimate of drug-likeness (QED) is 0.317. The molecule has 0 saturated heterocycles. The summed E-state index contributed by atoms with van der Waals surface area (Å²) in [5.41, 5.74) is 5.57. The van der Waals surface area contributed by atoms with Crippen molar-refractivity contribution in [3.63, 3.8) is 0 Å². The van der Waals surface area contributed by atoms with E-state index >= 15 is 0 Å². The molecule has 0 aliphatic heterocycles. The average molecular weight is 359 g/mol. The third-order valence-corrected chi connectivity index (χ3v) is 5.34. The van der Waals surface area contributed by atoms with Gasteiger partial charge in [-0.05, 0) is 24.3 Å². The maximum Gasteiger partial charge on any atom is 0.143 e. The lowest BCUT2D eigenvalue weighted by Crippen LogP contribution is -1.87. The Balaban J connectivity index is 1.84. The van der Waals surface area contributed by atoms with Crippen LogP contribution in [-0.4, -0.2) is 0 Å². The van der Waals surface area contributed by atoms with Crippen molar-refractivity contribution in [1.82, 2.24) is 0 Å². The van der Waals surface area contributed by atoms with E-state index in [-0.39, 0.29) is 0 Å². The highest BCUT2D eigenvalue weighted by Gasteiger charge is 2.20. The van der Waals surface area contributed by atoms with Gasteiger partial charge in [-0.3, -0.25) is 0 Å². The Bertz CT molecular complexity index is 1580. The van der Waals surface area contributed by atoms with Gasteiger partial charge >= 0.3 is 0 Å². The Morgan fingerprint density at radius 2 is 1.32 bits per heavy atom.